The molecule has 1 saturated heterocycles. The molecule has 2 aromatic carbocycles. The van der Waals surface area contributed by atoms with Crippen molar-refractivity contribution in [1.82, 2.24) is 9.78 Å². The maximum atomic E-state index is 13.1. The van der Waals surface area contributed by atoms with Crippen molar-refractivity contribution in [3.63, 3.8) is 0 Å². The number of rotatable bonds is 3. The highest BCUT2D eigenvalue weighted by Gasteiger charge is 2.30. The molecule has 24 heavy (non-hydrogen) atoms. The van der Waals surface area contributed by atoms with Crippen LogP contribution in [0.4, 0.5) is 10.1 Å². The molecular weight excluding hydrogens is 305 g/mol. The minimum atomic E-state index is -0.268. The van der Waals surface area contributed by atoms with Crippen molar-refractivity contribution in [1.29, 1.82) is 0 Å². The molecule has 5 heteroatoms. The molecule has 1 aliphatic rings. The Labute approximate surface area is 139 Å². The summed E-state index contributed by atoms with van der Waals surface area (Å²) in [6.07, 6.45) is 4.27. The number of hydrogen-bond donors (Lipinski definition) is 0. The molecule has 4 nitrogen and oxygen atoms in total. The van der Waals surface area contributed by atoms with Crippen molar-refractivity contribution in [3.8, 4) is 5.69 Å². The first-order valence-electron chi connectivity index (χ1n) is 8.23. The lowest BCUT2D eigenvalue weighted by Crippen LogP contribution is -2.32. The van der Waals surface area contributed by atoms with Gasteiger partial charge >= 0.3 is 0 Å². The number of carbonyl (C=O) groups is 1. The minimum absolute atomic E-state index is 0.187. The van der Waals surface area contributed by atoms with E-state index in [1.807, 2.05) is 23.1 Å². The van der Waals surface area contributed by atoms with Gasteiger partial charge in [-0.25, -0.2) is 9.07 Å². The van der Waals surface area contributed by atoms with E-state index in [0.29, 0.717) is 6.42 Å². The predicted octanol–water partition coefficient (Wildman–Crippen LogP) is 4.07. The van der Waals surface area contributed by atoms with Crippen LogP contribution in [0.3, 0.4) is 0 Å². The zero-order valence-corrected chi connectivity index (χ0v) is 13.4. The molecular formula is C19H18FN3O. The Morgan fingerprint density at radius 3 is 2.67 bits per heavy atom. The normalized spacial score (nSPS) is 17.8. The Morgan fingerprint density at radius 2 is 1.92 bits per heavy atom. The monoisotopic (exact) mass is 323 g/mol. The van der Waals surface area contributed by atoms with E-state index in [1.54, 1.807) is 23.0 Å². The van der Waals surface area contributed by atoms with Crippen LogP contribution in [0.15, 0.2) is 48.7 Å². The molecule has 0 N–H and O–H groups in total. The molecule has 0 aliphatic carbocycles. The minimum Gasteiger partial charge on any atom is -0.309 e. The van der Waals surface area contributed by atoms with Gasteiger partial charge in [0.2, 0.25) is 5.91 Å². The highest BCUT2D eigenvalue weighted by molar-refractivity contribution is 5.98. The van der Waals surface area contributed by atoms with E-state index >= 15 is 0 Å². The van der Waals surface area contributed by atoms with Crippen LogP contribution in [0, 0.1) is 5.82 Å². The summed E-state index contributed by atoms with van der Waals surface area (Å²) in [6.45, 7) is 2.11. The summed E-state index contributed by atoms with van der Waals surface area (Å²) < 4.78 is 14.9. The molecule has 1 amide bonds. The number of aromatic nitrogens is 2. The number of fused-ring (bicyclic) bond motifs is 1. The van der Waals surface area contributed by atoms with Crippen LogP contribution in [0.1, 0.15) is 26.2 Å². The Hall–Kier alpha value is -2.69. The Balaban J connectivity index is 1.75. The average Bonchev–Trinajstić information content (AvgIpc) is 3.18. The van der Waals surface area contributed by atoms with E-state index in [0.717, 1.165) is 35.1 Å². The molecule has 0 saturated carbocycles. The van der Waals surface area contributed by atoms with Crippen molar-refractivity contribution in [3.05, 3.63) is 54.5 Å². The topological polar surface area (TPSA) is 38.1 Å². The number of nitrogens with zero attached hydrogens (tertiary/aromatic N) is 3. The predicted molar refractivity (Wildman–Crippen MR) is 91.8 cm³/mol. The van der Waals surface area contributed by atoms with Crippen LogP contribution in [0.25, 0.3) is 16.6 Å². The summed E-state index contributed by atoms with van der Waals surface area (Å²) >= 11 is 0. The van der Waals surface area contributed by atoms with Gasteiger partial charge < -0.3 is 4.90 Å². The van der Waals surface area contributed by atoms with Gasteiger partial charge in [-0.05, 0) is 55.3 Å². The van der Waals surface area contributed by atoms with Gasteiger partial charge in [-0.15, -0.1) is 0 Å². The third-order valence-electron chi connectivity index (χ3n) is 4.70. The molecule has 0 spiro atoms. The third kappa shape index (κ3) is 2.37. The number of benzene rings is 2. The fraction of sp³-hybridized carbons (Fsp3) is 0.263. The zero-order chi connectivity index (χ0) is 16.7. The zero-order valence-electron chi connectivity index (χ0n) is 13.4. The van der Waals surface area contributed by atoms with Crippen LogP contribution in [0.2, 0.25) is 0 Å². The van der Waals surface area contributed by atoms with E-state index in [-0.39, 0.29) is 17.8 Å². The number of hydrogen-bond acceptors (Lipinski definition) is 2. The summed E-state index contributed by atoms with van der Waals surface area (Å²) in [4.78, 5) is 14.1. The van der Waals surface area contributed by atoms with E-state index in [2.05, 4.69) is 12.0 Å². The lowest BCUT2D eigenvalue weighted by Gasteiger charge is -2.24. The van der Waals surface area contributed by atoms with Crippen LogP contribution >= 0.6 is 0 Å². The molecule has 2 heterocycles. The van der Waals surface area contributed by atoms with Gasteiger partial charge in [-0.1, -0.05) is 6.92 Å². The number of amides is 1. The van der Waals surface area contributed by atoms with Gasteiger partial charge in [-0.2, -0.15) is 5.10 Å². The molecule has 1 aliphatic heterocycles. The first kappa shape index (κ1) is 14.9. The average molecular weight is 323 g/mol. The fourth-order valence-electron chi connectivity index (χ4n) is 3.44. The smallest absolute Gasteiger partial charge is 0.227 e. The lowest BCUT2D eigenvalue weighted by molar-refractivity contribution is -0.117. The molecule has 1 aromatic heterocycles. The van der Waals surface area contributed by atoms with Crippen molar-refractivity contribution in [2.75, 3.05) is 4.90 Å². The maximum absolute atomic E-state index is 13.1. The van der Waals surface area contributed by atoms with Crippen LogP contribution in [0.5, 0.6) is 0 Å². The molecule has 3 aromatic rings. The Morgan fingerprint density at radius 1 is 1.17 bits per heavy atom. The number of carbonyl (C=O) groups excluding carboxylic acids is 1. The second-order valence-corrected chi connectivity index (χ2v) is 6.14. The van der Waals surface area contributed by atoms with E-state index < -0.39 is 0 Å². The van der Waals surface area contributed by atoms with Gasteiger partial charge in [0.15, 0.2) is 0 Å². The summed E-state index contributed by atoms with van der Waals surface area (Å²) in [5, 5.41) is 5.38. The van der Waals surface area contributed by atoms with Crippen LogP contribution in [-0.2, 0) is 4.79 Å². The van der Waals surface area contributed by atoms with Crippen molar-refractivity contribution >= 4 is 22.5 Å². The van der Waals surface area contributed by atoms with E-state index in [1.165, 1.54) is 12.1 Å². The first-order chi connectivity index (χ1) is 11.7. The third-order valence-corrected chi connectivity index (χ3v) is 4.70. The van der Waals surface area contributed by atoms with Crippen molar-refractivity contribution < 1.29 is 9.18 Å². The molecule has 1 fully saturated rings. The Bertz CT molecular complexity index is 901. The van der Waals surface area contributed by atoms with Crippen LogP contribution < -0.4 is 4.90 Å². The standard InChI is InChI=1S/C19H18FN3O/c1-2-15-8-10-19(24)22(15)17-7-9-18-13(11-17)12-21-23(18)16-5-3-14(20)4-6-16/h3-7,9,11-12,15H,2,8,10H2,1H3/t15-/m1/s1. The number of halogens is 1. The second-order valence-electron chi connectivity index (χ2n) is 6.14. The summed E-state index contributed by atoms with van der Waals surface area (Å²) in [7, 11) is 0. The molecule has 0 radical (unpaired) electrons. The summed E-state index contributed by atoms with van der Waals surface area (Å²) in [5.41, 5.74) is 2.67. The van der Waals surface area contributed by atoms with Crippen molar-refractivity contribution in [2.24, 2.45) is 0 Å². The van der Waals surface area contributed by atoms with Gasteiger partial charge in [0.05, 0.1) is 17.4 Å². The van der Waals surface area contributed by atoms with Gasteiger partial charge in [0.1, 0.15) is 5.82 Å². The molecule has 122 valence electrons. The highest BCUT2D eigenvalue weighted by atomic mass is 19.1. The van der Waals surface area contributed by atoms with E-state index in [9.17, 15) is 9.18 Å². The fourth-order valence-corrected chi connectivity index (χ4v) is 3.44. The highest BCUT2D eigenvalue weighted by Crippen LogP contribution is 2.31. The van der Waals surface area contributed by atoms with Gasteiger partial charge in [-0.3, -0.25) is 4.79 Å². The van der Waals surface area contributed by atoms with Crippen LogP contribution in [-0.4, -0.2) is 21.7 Å². The van der Waals surface area contributed by atoms with Gasteiger partial charge in [0, 0.05) is 23.5 Å². The summed E-state index contributed by atoms with van der Waals surface area (Å²) in [6, 6.07) is 12.5. The van der Waals surface area contributed by atoms with Crippen molar-refractivity contribution in [2.45, 2.75) is 32.2 Å². The quantitative estimate of drug-likeness (QED) is 0.729. The summed E-state index contributed by atoms with van der Waals surface area (Å²) in [5.74, 6) is -0.0808. The molecule has 4 rings (SSSR count). The first-order valence-corrected chi connectivity index (χ1v) is 8.23. The molecule has 0 bridgehead atoms. The Kier molecular flexibility index (Phi) is 3.56. The van der Waals surface area contributed by atoms with E-state index in [4.69, 9.17) is 0 Å². The maximum Gasteiger partial charge on any atom is 0.227 e. The molecule has 0 unspecified atom stereocenters. The van der Waals surface area contributed by atoms with Gasteiger partial charge in [0.25, 0.3) is 0 Å². The largest absolute Gasteiger partial charge is 0.309 e. The SMILES string of the molecule is CC[C@@H]1CCC(=O)N1c1ccc2c(cnn2-c2ccc(F)cc2)c1. The number of anilines is 1. The second kappa shape index (κ2) is 5.74. The lowest BCUT2D eigenvalue weighted by atomic mass is 10.1. The molecule has 1 atom stereocenters.